The van der Waals surface area contributed by atoms with Crippen molar-refractivity contribution in [3.05, 3.63) is 0 Å². The Morgan fingerprint density at radius 2 is 2.28 bits per heavy atom. The lowest BCUT2D eigenvalue weighted by Gasteiger charge is -2.41. The van der Waals surface area contributed by atoms with E-state index in [0.717, 1.165) is 45.3 Å². The molecule has 0 aromatic rings. The van der Waals surface area contributed by atoms with Gasteiger partial charge in [-0.1, -0.05) is 12.2 Å². The number of thiocarbonyl (C=S) groups is 1. The van der Waals surface area contributed by atoms with Crippen LogP contribution in [0.25, 0.3) is 0 Å². The van der Waals surface area contributed by atoms with Gasteiger partial charge in [0.25, 0.3) is 0 Å². The summed E-state index contributed by atoms with van der Waals surface area (Å²) < 4.78 is 0. The van der Waals surface area contributed by atoms with Gasteiger partial charge < -0.3 is 16.0 Å². The van der Waals surface area contributed by atoms with E-state index in [0.29, 0.717) is 23.4 Å². The van der Waals surface area contributed by atoms with Crippen LogP contribution in [0.1, 0.15) is 38.5 Å². The first-order chi connectivity index (χ1) is 8.65. The molecule has 2 rings (SSSR count). The van der Waals surface area contributed by atoms with Crippen molar-refractivity contribution in [3.8, 4) is 0 Å². The quantitative estimate of drug-likeness (QED) is 0.578. The SMILES string of the molecule is NC(=S)CCCCN1CCC2NC(=O)CCC2C1. The Hall–Kier alpha value is -0.680. The topological polar surface area (TPSA) is 58.4 Å². The second-order valence-electron chi connectivity index (χ2n) is 5.49. The van der Waals surface area contributed by atoms with Gasteiger partial charge in [-0.05, 0) is 44.6 Å². The highest BCUT2D eigenvalue weighted by Gasteiger charge is 2.33. The van der Waals surface area contributed by atoms with E-state index in [1.165, 1.54) is 6.42 Å². The molecule has 0 aromatic carbocycles. The molecule has 0 spiro atoms. The number of rotatable bonds is 5. The number of hydrogen-bond donors (Lipinski definition) is 2. The average molecular weight is 269 g/mol. The van der Waals surface area contributed by atoms with E-state index in [2.05, 4.69) is 10.2 Å². The molecule has 0 radical (unpaired) electrons. The van der Waals surface area contributed by atoms with Crippen LogP contribution < -0.4 is 11.1 Å². The summed E-state index contributed by atoms with van der Waals surface area (Å²) in [6.45, 7) is 3.38. The summed E-state index contributed by atoms with van der Waals surface area (Å²) in [5, 5.41) is 3.12. The predicted octanol–water partition coefficient (Wildman–Crippen LogP) is 1.04. The zero-order chi connectivity index (χ0) is 13.0. The van der Waals surface area contributed by atoms with Crippen LogP contribution in [-0.2, 0) is 4.79 Å². The zero-order valence-electron chi connectivity index (χ0n) is 10.9. The Morgan fingerprint density at radius 1 is 1.44 bits per heavy atom. The lowest BCUT2D eigenvalue weighted by molar-refractivity contribution is -0.125. The Balaban J connectivity index is 1.67. The first-order valence-corrected chi connectivity index (χ1v) is 7.36. The third-order valence-electron chi connectivity index (χ3n) is 4.05. The number of hydrogen-bond acceptors (Lipinski definition) is 3. The average Bonchev–Trinajstić information content (AvgIpc) is 2.34. The van der Waals surface area contributed by atoms with Crippen molar-refractivity contribution in [2.45, 2.75) is 44.6 Å². The number of unbranched alkanes of at least 4 members (excludes halogenated alkanes) is 1. The van der Waals surface area contributed by atoms with Crippen molar-refractivity contribution in [2.75, 3.05) is 19.6 Å². The summed E-state index contributed by atoms with van der Waals surface area (Å²) >= 11 is 4.88. The highest BCUT2D eigenvalue weighted by Crippen LogP contribution is 2.25. The van der Waals surface area contributed by atoms with Crippen LogP contribution in [0, 0.1) is 5.92 Å². The second-order valence-corrected chi connectivity index (χ2v) is 6.01. The predicted molar refractivity (Wildman–Crippen MR) is 76.3 cm³/mol. The molecular weight excluding hydrogens is 246 g/mol. The maximum absolute atomic E-state index is 11.3. The van der Waals surface area contributed by atoms with Crippen LogP contribution in [0.5, 0.6) is 0 Å². The fraction of sp³-hybridized carbons (Fsp3) is 0.846. The van der Waals surface area contributed by atoms with Gasteiger partial charge in [-0.25, -0.2) is 0 Å². The van der Waals surface area contributed by atoms with Gasteiger partial charge in [0.2, 0.25) is 5.91 Å². The van der Waals surface area contributed by atoms with E-state index in [1.807, 2.05) is 0 Å². The van der Waals surface area contributed by atoms with Crippen LogP contribution in [0.2, 0.25) is 0 Å². The van der Waals surface area contributed by atoms with Crippen molar-refractivity contribution in [1.82, 2.24) is 10.2 Å². The molecule has 2 saturated heterocycles. The van der Waals surface area contributed by atoms with Crippen LogP contribution >= 0.6 is 12.2 Å². The van der Waals surface area contributed by atoms with Crippen molar-refractivity contribution < 1.29 is 4.79 Å². The second kappa shape index (κ2) is 6.48. The number of carbonyl (C=O) groups excluding carboxylic acids is 1. The lowest BCUT2D eigenvalue weighted by atomic mass is 9.85. The van der Waals surface area contributed by atoms with Gasteiger partial charge in [-0.2, -0.15) is 0 Å². The molecule has 2 fully saturated rings. The third kappa shape index (κ3) is 3.92. The summed E-state index contributed by atoms with van der Waals surface area (Å²) in [7, 11) is 0. The van der Waals surface area contributed by atoms with Gasteiger partial charge in [-0.3, -0.25) is 4.79 Å². The summed E-state index contributed by atoms with van der Waals surface area (Å²) in [6.07, 6.45) is 5.99. The number of amides is 1. The summed E-state index contributed by atoms with van der Waals surface area (Å²) in [5.74, 6) is 0.896. The molecule has 0 aromatic heterocycles. The molecule has 102 valence electrons. The van der Waals surface area contributed by atoms with Crippen molar-refractivity contribution in [2.24, 2.45) is 11.7 Å². The standard InChI is InChI=1S/C13H23N3OS/c14-12(18)3-1-2-7-16-8-6-11-10(9-16)4-5-13(17)15-11/h10-11H,1-9H2,(H2,14,18)(H,15,17). The Bertz CT molecular complexity index is 321. The van der Waals surface area contributed by atoms with E-state index in [9.17, 15) is 4.79 Å². The van der Waals surface area contributed by atoms with Crippen molar-refractivity contribution >= 4 is 23.1 Å². The van der Waals surface area contributed by atoms with E-state index in [1.54, 1.807) is 0 Å². The minimum Gasteiger partial charge on any atom is -0.393 e. The fourth-order valence-corrected chi connectivity index (χ4v) is 3.17. The molecule has 3 N–H and O–H groups in total. The van der Waals surface area contributed by atoms with E-state index < -0.39 is 0 Å². The number of piperidine rings is 2. The van der Waals surface area contributed by atoms with Crippen molar-refractivity contribution in [3.63, 3.8) is 0 Å². The number of fused-ring (bicyclic) bond motifs is 1. The fourth-order valence-electron chi connectivity index (χ4n) is 3.02. The van der Waals surface area contributed by atoms with Gasteiger partial charge in [0, 0.05) is 25.6 Å². The van der Waals surface area contributed by atoms with Crippen LogP contribution in [-0.4, -0.2) is 41.5 Å². The first-order valence-electron chi connectivity index (χ1n) is 6.95. The van der Waals surface area contributed by atoms with E-state index in [-0.39, 0.29) is 5.91 Å². The number of nitrogens with two attached hydrogens (primary N) is 1. The molecule has 2 unspecified atom stereocenters. The van der Waals surface area contributed by atoms with Gasteiger partial charge in [0.05, 0.1) is 4.99 Å². The zero-order valence-corrected chi connectivity index (χ0v) is 11.7. The molecule has 0 saturated carbocycles. The Kier molecular flexibility index (Phi) is 4.95. The molecule has 2 aliphatic heterocycles. The van der Waals surface area contributed by atoms with Crippen LogP contribution in [0.15, 0.2) is 0 Å². The van der Waals surface area contributed by atoms with Gasteiger partial charge in [-0.15, -0.1) is 0 Å². The summed E-state index contributed by atoms with van der Waals surface area (Å²) in [5.41, 5.74) is 5.49. The Morgan fingerprint density at radius 3 is 3.06 bits per heavy atom. The molecule has 2 aliphatic rings. The van der Waals surface area contributed by atoms with Crippen molar-refractivity contribution in [1.29, 1.82) is 0 Å². The maximum Gasteiger partial charge on any atom is 0.220 e. The number of nitrogens with one attached hydrogen (secondary N) is 1. The molecule has 0 bridgehead atoms. The minimum absolute atomic E-state index is 0.237. The number of carbonyl (C=O) groups is 1. The number of likely N-dealkylation sites (tertiary alicyclic amines) is 1. The molecular formula is C13H23N3OS. The molecule has 4 nitrogen and oxygen atoms in total. The van der Waals surface area contributed by atoms with E-state index >= 15 is 0 Å². The molecule has 2 atom stereocenters. The van der Waals surface area contributed by atoms with E-state index in [4.69, 9.17) is 18.0 Å². The third-order valence-corrected chi connectivity index (χ3v) is 4.26. The molecule has 0 aliphatic carbocycles. The summed E-state index contributed by atoms with van der Waals surface area (Å²) in [4.78, 5) is 14.5. The smallest absolute Gasteiger partial charge is 0.220 e. The molecule has 2 heterocycles. The largest absolute Gasteiger partial charge is 0.393 e. The normalized spacial score (nSPS) is 28.6. The van der Waals surface area contributed by atoms with Crippen LogP contribution in [0.3, 0.4) is 0 Å². The monoisotopic (exact) mass is 269 g/mol. The van der Waals surface area contributed by atoms with Gasteiger partial charge in [0.1, 0.15) is 0 Å². The molecule has 5 heteroatoms. The lowest BCUT2D eigenvalue weighted by Crippen LogP contribution is -2.54. The highest BCUT2D eigenvalue weighted by molar-refractivity contribution is 7.80. The minimum atomic E-state index is 0.237. The number of nitrogens with zero attached hydrogens (tertiary/aromatic N) is 1. The maximum atomic E-state index is 11.3. The van der Waals surface area contributed by atoms with Crippen LogP contribution in [0.4, 0.5) is 0 Å². The highest BCUT2D eigenvalue weighted by atomic mass is 32.1. The summed E-state index contributed by atoms with van der Waals surface area (Å²) in [6, 6.07) is 0.430. The van der Waals surface area contributed by atoms with Gasteiger partial charge >= 0.3 is 0 Å². The first kappa shape index (κ1) is 13.7. The Labute approximate surface area is 114 Å². The molecule has 18 heavy (non-hydrogen) atoms. The van der Waals surface area contributed by atoms with Gasteiger partial charge in [0.15, 0.2) is 0 Å². The molecule has 1 amide bonds.